The van der Waals surface area contributed by atoms with Crippen molar-refractivity contribution in [2.45, 2.75) is 13.5 Å². The second-order valence-electron chi connectivity index (χ2n) is 4.86. The maximum absolute atomic E-state index is 12.5. The molecule has 0 unspecified atom stereocenters. The maximum atomic E-state index is 12.5. The third kappa shape index (κ3) is 2.46. The van der Waals surface area contributed by atoms with E-state index in [0.29, 0.717) is 22.5 Å². The van der Waals surface area contributed by atoms with E-state index in [9.17, 15) is 9.59 Å². The molecule has 112 valence electrons. The number of carbonyl (C=O) groups is 1. The summed E-state index contributed by atoms with van der Waals surface area (Å²) in [7, 11) is 1.66. The number of fused-ring (bicyclic) bond motifs is 1. The van der Waals surface area contributed by atoms with Crippen molar-refractivity contribution in [1.82, 2.24) is 24.5 Å². The van der Waals surface area contributed by atoms with Gasteiger partial charge < -0.3 is 5.32 Å². The van der Waals surface area contributed by atoms with Crippen LogP contribution >= 0.6 is 0 Å². The number of nitrogens with one attached hydrogen (secondary N) is 1. The lowest BCUT2D eigenvalue weighted by molar-refractivity contribution is -0.116. The summed E-state index contributed by atoms with van der Waals surface area (Å²) in [5, 5.41) is 10.5. The third-order valence-corrected chi connectivity index (χ3v) is 3.34. The number of amides is 1. The second-order valence-corrected chi connectivity index (χ2v) is 4.86. The van der Waals surface area contributed by atoms with Gasteiger partial charge in [-0.15, -0.1) is 5.10 Å². The van der Waals surface area contributed by atoms with Crippen LogP contribution in [0.3, 0.4) is 0 Å². The van der Waals surface area contributed by atoms with Crippen LogP contribution in [0.5, 0.6) is 0 Å². The van der Waals surface area contributed by atoms with E-state index in [0.717, 1.165) is 0 Å². The van der Waals surface area contributed by atoms with E-state index in [2.05, 4.69) is 20.6 Å². The molecule has 2 aromatic heterocycles. The van der Waals surface area contributed by atoms with Gasteiger partial charge in [0.05, 0.1) is 17.1 Å². The molecule has 22 heavy (non-hydrogen) atoms. The van der Waals surface area contributed by atoms with Crippen LogP contribution in [0, 0.1) is 6.92 Å². The molecule has 8 nitrogen and oxygen atoms in total. The number of anilines is 1. The highest BCUT2D eigenvalue weighted by Gasteiger charge is 2.12. The summed E-state index contributed by atoms with van der Waals surface area (Å²) >= 11 is 0. The van der Waals surface area contributed by atoms with Crippen LogP contribution in [0.4, 0.5) is 5.82 Å². The zero-order valence-corrected chi connectivity index (χ0v) is 12.1. The highest BCUT2D eigenvalue weighted by molar-refractivity contribution is 5.89. The molecule has 0 spiro atoms. The van der Waals surface area contributed by atoms with Gasteiger partial charge in [0.25, 0.3) is 5.56 Å². The largest absolute Gasteiger partial charge is 0.308 e. The van der Waals surface area contributed by atoms with Gasteiger partial charge in [-0.2, -0.15) is 0 Å². The summed E-state index contributed by atoms with van der Waals surface area (Å²) in [6.45, 7) is 1.58. The van der Waals surface area contributed by atoms with E-state index in [1.54, 1.807) is 32.2 Å². The normalized spacial score (nSPS) is 10.8. The molecule has 0 bridgehead atoms. The molecule has 3 aromatic rings. The van der Waals surface area contributed by atoms with Crippen LogP contribution in [0.15, 0.2) is 35.3 Å². The Hall–Kier alpha value is -3.03. The van der Waals surface area contributed by atoms with E-state index < -0.39 is 0 Å². The molecule has 0 saturated carbocycles. The minimum Gasteiger partial charge on any atom is -0.308 e. The molecule has 0 aliphatic carbocycles. The molecule has 1 aromatic carbocycles. The molecule has 0 fully saturated rings. The van der Waals surface area contributed by atoms with E-state index in [4.69, 9.17) is 0 Å². The minimum atomic E-state index is -0.340. The molecule has 2 heterocycles. The van der Waals surface area contributed by atoms with Gasteiger partial charge in [0, 0.05) is 7.05 Å². The number of aromatic nitrogens is 5. The first-order valence-corrected chi connectivity index (χ1v) is 6.67. The van der Waals surface area contributed by atoms with Crippen molar-refractivity contribution in [2.75, 3.05) is 5.32 Å². The van der Waals surface area contributed by atoms with Crippen LogP contribution < -0.4 is 10.9 Å². The summed E-state index contributed by atoms with van der Waals surface area (Å²) in [5.41, 5.74) is 0.388. The fraction of sp³-hybridized carbons (Fsp3) is 0.214. The number of rotatable bonds is 3. The van der Waals surface area contributed by atoms with Crippen molar-refractivity contribution in [3.63, 3.8) is 0 Å². The Morgan fingerprint density at radius 2 is 2.09 bits per heavy atom. The standard InChI is InChI=1S/C14H14N6O2/c1-9-16-11-6-4-3-5-10(11)14(22)20(9)8-13(21)17-12-7-15-18-19(12)2/h3-7H,8H2,1-2H3,(H,17,21). The SMILES string of the molecule is Cc1nc2ccccc2c(=O)n1CC(=O)Nc1cnnn1C. The second kappa shape index (κ2) is 5.40. The van der Waals surface area contributed by atoms with Gasteiger partial charge in [0.15, 0.2) is 5.82 Å². The molecular formula is C14H14N6O2. The van der Waals surface area contributed by atoms with Gasteiger partial charge in [0.2, 0.25) is 5.91 Å². The van der Waals surface area contributed by atoms with E-state index in [1.165, 1.54) is 15.4 Å². The Morgan fingerprint density at radius 3 is 2.82 bits per heavy atom. The van der Waals surface area contributed by atoms with Gasteiger partial charge in [0.1, 0.15) is 12.4 Å². The number of hydrogen-bond donors (Lipinski definition) is 1. The molecule has 1 amide bonds. The molecule has 0 saturated heterocycles. The van der Waals surface area contributed by atoms with E-state index in [-0.39, 0.29) is 18.0 Å². The van der Waals surface area contributed by atoms with E-state index >= 15 is 0 Å². The number of hydrogen-bond acceptors (Lipinski definition) is 5. The summed E-state index contributed by atoms with van der Waals surface area (Å²) in [6, 6.07) is 7.06. The van der Waals surface area contributed by atoms with Crippen LogP contribution in [0.1, 0.15) is 5.82 Å². The highest BCUT2D eigenvalue weighted by atomic mass is 16.2. The van der Waals surface area contributed by atoms with Crippen molar-refractivity contribution in [1.29, 1.82) is 0 Å². The van der Waals surface area contributed by atoms with Crippen molar-refractivity contribution in [3.05, 3.63) is 46.6 Å². The van der Waals surface area contributed by atoms with E-state index in [1.807, 2.05) is 6.07 Å². The van der Waals surface area contributed by atoms with Crippen LogP contribution in [-0.2, 0) is 18.4 Å². The first-order chi connectivity index (χ1) is 10.6. The maximum Gasteiger partial charge on any atom is 0.261 e. The monoisotopic (exact) mass is 298 g/mol. The highest BCUT2D eigenvalue weighted by Crippen LogP contribution is 2.08. The Kier molecular flexibility index (Phi) is 3.42. The van der Waals surface area contributed by atoms with Crippen LogP contribution in [-0.4, -0.2) is 30.5 Å². The lowest BCUT2D eigenvalue weighted by Crippen LogP contribution is -2.30. The first-order valence-electron chi connectivity index (χ1n) is 6.67. The Morgan fingerprint density at radius 1 is 1.32 bits per heavy atom. The molecule has 0 aliphatic heterocycles. The van der Waals surface area contributed by atoms with Gasteiger partial charge in [-0.25, -0.2) is 9.67 Å². The van der Waals surface area contributed by atoms with Gasteiger partial charge in [-0.3, -0.25) is 14.2 Å². The Bertz CT molecular complexity index is 911. The number of benzene rings is 1. The fourth-order valence-electron chi connectivity index (χ4n) is 2.19. The molecule has 1 N–H and O–H groups in total. The average molecular weight is 298 g/mol. The van der Waals surface area contributed by atoms with Crippen molar-refractivity contribution in [2.24, 2.45) is 7.05 Å². The lowest BCUT2D eigenvalue weighted by atomic mass is 10.2. The van der Waals surface area contributed by atoms with Gasteiger partial charge in [-0.05, 0) is 19.1 Å². The number of aryl methyl sites for hydroxylation is 2. The zero-order chi connectivity index (χ0) is 15.7. The topological polar surface area (TPSA) is 94.7 Å². The summed E-state index contributed by atoms with van der Waals surface area (Å²) in [5.74, 6) is 0.610. The Labute approximate surface area is 125 Å². The van der Waals surface area contributed by atoms with Gasteiger partial charge in [-0.1, -0.05) is 17.3 Å². The quantitative estimate of drug-likeness (QED) is 0.758. The predicted molar refractivity (Wildman–Crippen MR) is 80.4 cm³/mol. The zero-order valence-electron chi connectivity index (χ0n) is 12.1. The molecule has 0 radical (unpaired) electrons. The summed E-state index contributed by atoms with van der Waals surface area (Å²) in [4.78, 5) is 28.9. The van der Waals surface area contributed by atoms with Crippen LogP contribution in [0.25, 0.3) is 10.9 Å². The molecule has 8 heteroatoms. The smallest absolute Gasteiger partial charge is 0.261 e. The van der Waals surface area contributed by atoms with Gasteiger partial charge >= 0.3 is 0 Å². The fourth-order valence-corrected chi connectivity index (χ4v) is 2.19. The molecule has 0 aliphatic rings. The average Bonchev–Trinajstić information content (AvgIpc) is 2.89. The number of carbonyl (C=O) groups excluding carboxylic acids is 1. The predicted octanol–water partition coefficient (Wildman–Crippen LogP) is 0.472. The third-order valence-electron chi connectivity index (χ3n) is 3.34. The summed E-state index contributed by atoms with van der Waals surface area (Å²) < 4.78 is 2.79. The Balaban J connectivity index is 1.92. The first kappa shape index (κ1) is 13.9. The van der Waals surface area contributed by atoms with Crippen LogP contribution in [0.2, 0.25) is 0 Å². The van der Waals surface area contributed by atoms with Crippen molar-refractivity contribution < 1.29 is 4.79 Å². The van der Waals surface area contributed by atoms with Crippen molar-refractivity contribution in [3.8, 4) is 0 Å². The molecule has 3 rings (SSSR count). The number of para-hydroxylation sites is 1. The lowest BCUT2D eigenvalue weighted by Gasteiger charge is -2.10. The van der Waals surface area contributed by atoms with Crippen molar-refractivity contribution >= 4 is 22.6 Å². The minimum absolute atomic E-state index is 0.117. The molecular weight excluding hydrogens is 284 g/mol. The summed E-state index contributed by atoms with van der Waals surface area (Å²) in [6.07, 6.45) is 1.44. The number of nitrogens with zero attached hydrogens (tertiary/aromatic N) is 5. The molecule has 0 atom stereocenters.